The van der Waals surface area contributed by atoms with Crippen molar-refractivity contribution in [3.8, 4) is 5.75 Å². The van der Waals surface area contributed by atoms with Crippen LogP contribution in [-0.2, 0) is 20.7 Å². The number of allylic oxidation sites excluding steroid dienone is 1. The Kier molecular flexibility index (Phi) is 8.01. The Labute approximate surface area is 172 Å². The van der Waals surface area contributed by atoms with Gasteiger partial charge in [0.15, 0.2) is 5.60 Å². The van der Waals surface area contributed by atoms with Gasteiger partial charge in [0.25, 0.3) is 0 Å². The molecule has 0 aliphatic rings. The van der Waals surface area contributed by atoms with E-state index in [1.54, 1.807) is 26.8 Å². The minimum atomic E-state index is -1.05. The van der Waals surface area contributed by atoms with Crippen molar-refractivity contribution in [2.75, 3.05) is 13.2 Å². The van der Waals surface area contributed by atoms with Crippen LogP contribution in [0.4, 0.5) is 0 Å². The second-order valence-corrected chi connectivity index (χ2v) is 7.21. The summed E-state index contributed by atoms with van der Waals surface area (Å²) in [7, 11) is 0. The maximum Gasteiger partial charge on any atom is 0.349 e. The van der Waals surface area contributed by atoms with Crippen molar-refractivity contribution in [3.05, 3.63) is 71.8 Å². The van der Waals surface area contributed by atoms with Crippen LogP contribution in [0.25, 0.3) is 5.57 Å². The lowest BCUT2D eigenvalue weighted by molar-refractivity contribution is -0.158. The summed E-state index contributed by atoms with van der Waals surface area (Å²) in [5, 5.41) is 2.91. The molecule has 0 aromatic heterocycles. The van der Waals surface area contributed by atoms with Gasteiger partial charge in [0.05, 0.1) is 6.61 Å². The van der Waals surface area contributed by atoms with Gasteiger partial charge < -0.3 is 14.8 Å². The van der Waals surface area contributed by atoms with Gasteiger partial charge in [0, 0.05) is 12.6 Å². The van der Waals surface area contributed by atoms with Gasteiger partial charge in [-0.25, -0.2) is 4.79 Å². The molecule has 1 N–H and O–H groups in total. The fourth-order valence-corrected chi connectivity index (χ4v) is 2.73. The number of nitrogens with one attached hydrogen (secondary N) is 1. The molecule has 0 fully saturated rings. The summed E-state index contributed by atoms with van der Waals surface area (Å²) in [5.41, 5.74) is 1.97. The molecule has 29 heavy (non-hydrogen) atoms. The zero-order chi connectivity index (χ0) is 21.3. The molecule has 0 aliphatic carbocycles. The first kappa shape index (κ1) is 22.2. The third kappa shape index (κ3) is 7.11. The Morgan fingerprint density at radius 3 is 2.31 bits per heavy atom. The molecule has 0 saturated heterocycles. The van der Waals surface area contributed by atoms with Crippen LogP contribution in [0.1, 0.15) is 38.8 Å². The van der Waals surface area contributed by atoms with Crippen LogP contribution in [0.15, 0.2) is 60.7 Å². The number of benzene rings is 2. The van der Waals surface area contributed by atoms with E-state index in [4.69, 9.17) is 9.47 Å². The van der Waals surface area contributed by atoms with E-state index in [9.17, 15) is 9.59 Å². The minimum Gasteiger partial charge on any atom is -0.476 e. The molecule has 0 atom stereocenters. The molecular weight excluding hydrogens is 366 g/mol. The standard InChI is InChI=1S/C24H29NO4/c1-5-28-23(27)24(3,4)29-21-13-11-19(12-14-21)15-16-25-22(26)17-18(2)20-9-7-6-8-10-20/h6-14,17H,5,15-16H2,1-4H3,(H,25,26). The highest BCUT2D eigenvalue weighted by Gasteiger charge is 2.31. The lowest BCUT2D eigenvalue weighted by atomic mass is 10.1. The summed E-state index contributed by atoms with van der Waals surface area (Å²) in [4.78, 5) is 24.0. The molecule has 0 saturated carbocycles. The van der Waals surface area contributed by atoms with Gasteiger partial charge in [0.1, 0.15) is 5.75 Å². The molecule has 2 rings (SSSR count). The van der Waals surface area contributed by atoms with Gasteiger partial charge in [-0.2, -0.15) is 0 Å². The van der Waals surface area contributed by atoms with Crippen molar-refractivity contribution in [1.29, 1.82) is 0 Å². The van der Waals surface area contributed by atoms with Gasteiger partial charge in [-0.05, 0) is 62.9 Å². The van der Waals surface area contributed by atoms with Gasteiger partial charge >= 0.3 is 5.97 Å². The van der Waals surface area contributed by atoms with Crippen molar-refractivity contribution < 1.29 is 19.1 Å². The number of ether oxygens (including phenoxy) is 2. The first-order valence-corrected chi connectivity index (χ1v) is 9.78. The molecule has 0 radical (unpaired) electrons. The Bertz CT molecular complexity index is 839. The van der Waals surface area contributed by atoms with Crippen LogP contribution in [0.5, 0.6) is 5.75 Å². The third-order valence-electron chi connectivity index (χ3n) is 4.35. The Hall–Kier alpha value is -3.08. The van der Waals surface area contributed by atoms with Crippen LogP contribution in [0, 0.1) is 0 Å². The largest absolute Gasteiger partial charge is 0.476 e. The Balaban J connectivity index is 1.83. The highest BCUT2D eigenvalue weighted by Crippen LogP contribution is 2.20. The summed E-state index contributed by atoms with van der Waals surface area (Å²) in [6.07, 6.45) is 2.31. The average molecular weight is 395 g/mol. The molecule has 2 aromatic carbocycles. The van der Waals surface area contributed by atoms with Crippen LogP contribution >= 0.6 is 0 Å². The van der Waals surface area contributed by atoms with E-state index in [0.717, 1.165) is 16.7 Å². The van der Waals surface area contributed by atoms with Crippen LogP contribution in [-0.4, -0.2) is 30.6 Å². The number of esters is 1. The molecule has 154 valence electrons. The fourth-order valence-electron chi connectivity index (χ4n) is 2.73. The van der Waals surface area contributed by atoms with E-state index < -0.39 is 11.6 Å². The van der Waals surface area contributed by atoms with Gasteiger partial charge in [-0.1, -0.05) is 42.5 Å². The molecule has 0 spiro atoms. The topological polar surface area (TPSA) is 64.6 Å². The Morgan fingerprint density at radius 2 is 1.69 bits per heavy atom. The predicted octanol–water partition coefficient (Wildman–Crippen LogP) is 4.17. The molecule has 0 heterocycles. The molecule has 5 heteroatoms. The first-order valence-electron chi connectivity index (χ1n) is 9.78. The Morgan fingerprint density at radius 1 is 1.03 bits per heavy atom. The summed E-state index contributed by atoms with van der Waals surface area (Å²) in [6.45, 7) is 7.90. The van der Waals surface area contributed by atoms with Crippen molar-refractivity contribution in [3.63, 3.8) is 0 Å². The van der Waals surface area contributed by atoms with Crippen molar-refractivity contribution >= 4 is 17.4 Å². The molecule has 0 bridgehead atoms. The van der Waals surface area contributed by atoms with Crippen molar-refractivity contribution in [2.45, 2.75) is 39.7 Å². The molecule has 0 unspecified atom stereocenters. The van der Waals surface area contributed by atoms with E-state index in [-0.39, 0.29) is 5.91 Å². The highest BCUT2D eigenvalue weighted by molar-refractivity contribution is 5.94. The number of amides is 1. The van der Waals surface area contributed by atoms with Gasteiger partial charge in [0.2, 0.25) is 5.91 Å². The average Bonchev–Trinajstić information content (AvgIpc) is 2.70. The van der Waals surface area contributed by atoms with E-state index >= 15 is 0 Å². The zero-order valence-electron chi connectivity index (χ0n) is 17.5. The number of carbonyl (C=O) groups is 2. The van der Waals surface area contributed by atoms with Gasteiger partial charge in [-0.15, -0.1) is 0 Å². The summed E-state index contributed by atoms with van der Waals surface area (Å²) < 4.78 is 10.8. The van der Waals surface area contributed by atoms with E-state index in [1.807, 2.05) is 61.5 Å². The maximum atomic E-state index is 12.1. The van der Waals surface area contributed by atoms with Crippen LogP contribution < -0.4 is 10.1 Å². The predicted molar refractivity (Wildman–Crippen MR) is 115 cm³/mol. The zero-order valence-corrected chi connectivity index (χ0v) is 17.5. The van der Waals surface area contributed by atoms with E-state index in [2.05, 4.69) is 5.32 Å². The third-order valence-corrected chi connectivity index (χ3v) is 4.35. The number of hydrogen-bond donors (Lipinski definition) is 1. The quantitative estimate of drug-likeness (QED) is 0.511. The second kappa shape index (κ2) is 10.5. The normalized spacial score (nSPS) is 11.7. The van der Waals surface area contributed by atoms with Crippen molar-refractivity contribution in [1.82, 2.24) is 5.32 Å². The maximum absolute atomic E-state index is 12.1. The molecule has 5 nitrogen and oxygen atoms in total. The first-order chi connectivity index (χ1) is 13.8. The van der Waals surface area contributed by atoms with E-state index in [0.29, 0.717) is 25.3 Å². The minimum absolute atomic E-state index is 0.109. The number of hydrogen-bond acceptors (Lipinski definition) is 4. The van der Waals surface area contributed by atoms with Crippen LogP contribution in [0.3, 0.4) is 0 Å². The summed E-state index contributed by atoms with van der Waals surface area (Å²) >= 11 is 0. The summed E-state index contributed by atoms with van der Waals surface area (Å²) in [6, 6.07) is 17.3. The molecule has 0 aliphatic heterocycles. The molecular formula is C24H29NO4. The number of rotatable bonds is 9. The van der Waals surface area contributed by atoms with E-state index in [1.165, 1.54) is 0 Å². The molecule has 1 amide bonds. The van der Waals surface area contributed by atoms with Gasteiger partial charge in [-0.3, -0.25) is 4.79 Å². The SMILES string of the molecule is CCOC(=O)C(C)(C)Oc1ccc(CCNC(=O)C=C(C)c2ccccc2)cc1. The lowest BCUT2D eigenvalue weighted by Crippen LogP contribution is -2.39. The monoisotopic (exact) mass is 395 g/mol. The molecule has 2 aromatic rings. The highest BCUT2D eigenvalue weighted by atomic mass is 16.6. The lowest BCUT2D eigenvalue weighted by Gasteiger charge is -2.24. The smallest absolute Gasteiger partial charge is 0.349 e. The second-order valence-electron chi connectivity index (χ2n) is 7.21. The van der Waals surface area contributed by atoms with Crippen molar-refractivity contribution in [2.24, 2.45) is 0 Å². The fraction of sp³-hybridized carbons (Fsp3) is 0.333. The number of carbonyl (C=O) groups excluding carboxylic acids is 2. The summed E-state index contributed by atoms with van der Waals surface area (Å²) in [5.74, 6) is 0.0883. The van der Waals surface area contributed by atoms with Crippen LogP contribution in [0.2, 0.25) is 0 Å².